The van der Waals surface area contributed by atoms with Crippen LogP contribution in [-0.2, 0) is 0 Å². The predicted molar refractivity (Wildman–Crippen MR) is 94.7 cm³/mol. The molecule has 1 aromatic heterocycles. The Labute approximate surface area is 154 Å². The molecule has 10 heteroatoms. The summed E-state index contributed by atoms with van der Waals surface area (Å²) in [5.74, 6) is -0.820. The molecule has 0 atom stereocenters. The second-order valence-corrected chi connectivity index (χ2v) is 5.44. The maximum absolute atomic E-state index is 12.6. The van der Waals surface area contributed by atoms with Crippen LogP contribution in [-0.4, -0.2) is 37.1 Å². The molecule has 1 heterocycles. The van der Waals surface area contributed by atoms with E-state index in [1.165, 1.54) is 33.6 Å². The average molecular weight is 382 g/mol. The molecule has 1 amide bonds. The molecule has 0 radical (unpaired) electrons. The smallest absolute Gasteiger partial charge is 0.327 e. The first kappa shape index (κ1) is 19.3. The summed E-state index contributed by atoms with van der Waals surface area (Å²) in [5.41, 5.74) is 0.183. The quantitative estimate of drug-likeness (QED) is 0.464. The zero-order valence-corrected chi connectivity index (χ0v) is 15.2. The lowest BCUT2D eigenvalue weighted by molar-refractivity contribution is -0.386. The number of hydrogen-bond donors (Lipinski definition) is 1. The molecule has 1 N–H and O–H groups in total. The number of nitrogens with one attached hydrogen (secondary N) is 1. The number of nitro benzene ring substituents is 1. The lowest BCUT2D eigenvalue weighted by Gasteiger charge is -2.15. The highest BCUT2D eigenvalue weighted by Gasteiger charge is 2.32. The van der Waals surface area contributed by atoms with Gasteiger partial charge in [0.2, 0.25) is 11.5 Å². The summed E-state index contributed by atoms with van der Waals surface area (Å²) in [6.07, 6.45) is 1.34. The molecule has 9 nitrogen and oxygen atoms in total. The van der Waals surface area contributed by atoms with Gasteiger partial charge in [0, 0.05) is 6.07 Å². The largest absolute Gasteiger partial charge is 0.493 e. The molecule has 0 fully saturated rings. The average Bonchev–Trinajstić information content (AvgIpc) is 2.62. The maximum Gasteiger partial charge on any atom is 0.327 e. The van der Waals surface area contributed by atoms with Crippen LogP contribution in [0.15, 0.2) is 18.3 Å². The Morgan fingerprint density at radius 2 is 1.85 bits per heavy atom. The van der Waals surface area contributed by atoms with Crippen LogP contribution in [0.1, 0.15) is 15.9 Å². The van der Waals surface area contributed by atoms with Crippen molar-refractivity contribution in [1.82, 2.24) is 4.98 Å². The number of pyridine rings is 1. The van der Waals surface area contributed by atoms with Gasteiger partial charge < -0.3 is 19.5 Å². The summed E-state index contributed by atoms with van der Waals surface area (Å²) in [4.78, 5) is 27.4. The molecule has 1 aromatic carbocycles. The number of amides is 1. The van der Waals surface area contributed by atoms with Gasteiger partial charge in [0.15, 0.2) is 5.75 Å². The van der Waals surface area contributed by atoms with Gasteiger partial charge in [-0.25, -0.2) is 4.98 Å². The van der Waals surface area contributed by atoms with E-state index in [1.54, 1.807) is 13.0 Å². The SMILES string of the molecule is COc1cc(C(=O)Nc2cnc(Cl)c(C)c2)c([N+](=O)[O-])c(OC)c1OC. The molecule has 0 spiro atoms. The second-order valence-electron chi connectivity index (χ2n) is 5.08. The number of methoxy groups -OCH3 is 3. The van der Waals surface area contributed by atoms with Crippen molar-refractivity contribution in [2.75, 3.05) is 26.6 Å². The molecule has 2 aromatic rings. The number of aromatic nitrogens is 1. The van der Waals surface area contributed by atoms with E-state index in [0.717, 1.165) is 0 Å². The fourth-order valence-electron chi connectivity index (χ4n) is 2.32. The highest BCUT2D eigenvalue weighted by Crippen LogP contribution is 2.46. The Bertz CT molecular complexity index is 872. The molecule has 0 saturated carbocycles. The molecule has 0 aliphatic heterocycles. The molecule has 0 unspecified atom stereocenters. The Kier molecular flexibility index (Phi) is 5.83. The van der Waals surface area contributed by atoms with Crippen LogP contribution < -0.4 is 19.5 Å². The number of nitrogens with zero attached hydrogens (tertiary/aromatic N) is 2. The van der Waals surface area contributed by atoms with Gasteiger partial charge in [0.05, 0.1) is 38.1 Å². The highest BCUT2D eigenvalue weighted by atomic mass is 35.5. The van der Waals surface area contributed by atoms with Crippen molar-refractivity contribution in [3.63, 3.8) is 0 Å². The van der Waals surface area contributed by atoms with E-state index >= 15 is 0 Å². The van der Waals surface area contributed by atoms with E-state index in [4.69, 9.17) is 25.8 Å². The lowest BCUT2D eigenvalue weighted by Crippen LogP contribution is -2.15. The third kappa shape index (κ3) is 3.62. The molecule has 0 aliphatic carbocycles. The van der Waals surface area contributed by atoms with Crippen LogP contribution in [0, 0.1) is 17.0 Å². The van der Waals surface area contributed by atoms with Gasteiger partial charge in [-0.05, 0) is 18.6 Å². The minimum atomic E-state index is -0.737. The summed E-state index contributed by atoms with van der Waals surface area (Å²) in [6, 6.07) is 2.81. The third-order valence-corrected chi connectivity index (χ3v) is 3.90. The normalized spacial score (nSPS) is 10.2. The molecule has 2 rings (SSSR count). The number of anilines is 1. The first-order valence-electron chi connectivity index (χ1n) is 7.24. The number of halogens is 1. The molecular formula is C16H16ClN3O6. The number of carbonyl (C=O) groups excluding carboxylic acids is 1. The number of nitro groups is 1. The number of rotatable bonds is 6. The third-order valence-electron chi connectivity index (χ3n) is 3.50. The minimum Gasteiger partial charge on any atom is -0.493 e. The number of benzene rings is 1. The molecule has 0 aliphatic rings. The van der Waals surface area contributed by atoms with Crippen molar-refractivity contribution < 1.29 is 23.9 Å². The van der Waals surface area contributed by atoms with E-state index in [9.17, 15) is 14.9 Å². The first-order chi connectivity index (χ1) is 12.3. The molecular weight excluding hydrogens is 366 g/mol. The molecule has 138 valence electrons. The van der Waals surface area contributed by atoms with Crippen molar-refractivity contribution in [1.29, 1.82) is 0 Å². The van der Waals surface area contributed by atoms with Crippen molar-refractivity contribution in [3.8, 4) is 17.2 Å². The minimum absolute atomic E-state index is 0.0160. The standard InChI is InChI=1S/C16H16ClN3O6/c1-8-5-9(7-18-15(8)17)19-16(21)10-6-11(24-2)13(25-3)14(26-4)12(10)20(22)23/h5-7H,1-4H3,(H,19,21). The van der Waals surface area contributed by atoms with Crippen LogP contribution in [0.5, 0.6) is 17.2 Å². The van der Waals surface area contributed by atoms with Crippen LogP contribution in [0.25, 0.3) is 0 Å². The van der Waals surface area contributed by atoms with E-state index in [1.807, 2.05) is 0 Å². The number of aryl methyl sites for hydroxylation is 1. The van der Waals surface area contributed by atoms with Crippen LogP contribution >= 0.6 is 11.6 Å². The van der Waals surface area contributed by atoms with Gasteiger partial charge in [0.25, 0.3) is 5.91 Å². The maximum atomic E-state index is 12.6. The Morgan fingerprint density at radius 1 is 1.19 bits per heavy atom. The Morgan fingerprint density at radius 3 is 2.35 bits per heavy atom. The Hall–Kier alpha value is -3.07. The predicted octanol–water partition coefficient (Wildman–Crippen LogP) is 3.23. The zero-order valence-electron chi connectivity index (χ0n) is 14.5. The van der Waals surface area contributed by atoms with E-state index in [-0.39, 0.29) is 22.8 Å². The van der Waals surface area contributed by atoms with Crippen molar-refractivity contribution in [3.05, 3.63) is 44.7 Å². The van der Waals surface area contributed by atoms with Crippen molar-refractivity contribution >= 4 is 28.9 Å². The fourth-order valence-corrected chi connectivity index (χ4v) is 2.42. The van der Waals surface area contributed by atoms with Gasteiger partial charge in [0.1, 0.15) is 10.7 Å². The van der Waals surface area contributed by atoms with E-state index in [2.05, 4.69) is 10.3 Å². The summed E-state index contributed by atoms with van der Waals surface area (Å²) >= 11 is 5.85. The van der Waals surface area contributed by atoms with Gasteiger partial charge in [-0.15, -0.1) is 0 Å². The van der Waals surface area contributed by atoms with E-state index < -0.39 is 16.5 Å². The van der Waals surface area contributed by atoms with Gasteiger partial charge in [-0.3, -0.25) is 14.9 Å². The molecule has 0 bridgehead atoms. The van der Waals surface area contributed by atoms with Crippen molar-refractivity contribution in [2.45, 2.75) is 6.92 Å². The van der Waals surface area contributed by atoms with Gasteiger partial charge in [-0.1, -0.05) is 11.6 Å². The van der Waals surface area contributed by atoms with Gasteiger partial charge >= 0.3 is 5.69 Å². The molecule has 0 saturated heterocycles. The Balaban J connectivity index is 2.57. The molecule has 26 heavy (non-hydrogen) atoms. The highest BCUT2D eigenvalue weighted by molar-refractivity contribution is 6.30. The van der Waals surface area contributed by atoms with Crippen LogP contribution in [0.2, 0.25) is 5.15 Å². The summed E-state index contributed by atoms with van der Waals surface area (Å²) in [6.45, 7) is 1.72. The summed E-state index contributed by atoms with van der Waals surface area (Å²) in [7, 11) is 3.89. The summed E-state index contributed by atoms with van der Waals surface area (Å²) < 4.78 is 15.4. The van der Waals surface area contributed by atoms with Crippen LogP contribution in [0.4, 0.5) is 11.4 Å². The monoisotopic (exact) mass is 381 g/mol. The number of hydrogen-bond acceptors (Lipinski definition) is 7. The summed E-state index contributed by atoms with van der Waals surface area (Å²) in [5, 5.41) is 14.4. The van der Waals surface area contributed by atoms with Crippen LogP contribution in [0.3, 0.4) is 0 Å². The van der Waals surface area contributed by atoms with Crippen molar-refractivity contribution in [2.24, 2.45) is 0 Å². The van der Waals surface area contributed by atoms with Gasteiger partial charge in [-0.2, -0.15) is 0 Å². The lowest BCUT2D eigenvalue weighted by atomic mass is 10.1. The second kappa shape index (κ2) is 7.87. The number of ether oxygens (including phenoxy) is 3. The van der Waals surface area contributed by atoms with E-state index in [0.29, 0.717) is 16.4 Å². The number of carbonyl (C=O) groups is 1. The topological polar surface area (TPSA) is 113 Å². The first-order valence-corrected chi connectivity index (χ1v) is 7.62. The zero-order chi connectivity index (χ0) is 19.4. The fraction of sp³-hybridized carbons (Fsp3) is 0.250.